The topological polar surface area (TPSA) is 17.1 Å². The molecule has 0 aromatic heterocycles. The molecular weight excluding hydrogens is 160 g/mol. The number of fused-ring (bicyclic) bond motifs is 2. The molecule has 0 radical (unpaired) electrons. The van der Waals surface area contributed by atoms with E-state index in [0.717, 1.165) is 12.8 Å². The van der Waals surface area contributed by atoms with Gasteiger partial charge in [-0.2, -0.15) is 0 Å². The molecule has 3 aliphatic carbocycles. The van der Waals surface area contributed by atoms with Gasteiger partial charge in [-0.05, 0) is 24.2 Å². The second-order valence-electron chi connectivity index (χ2n) is 4.41. The molecule has 0 aromatic rings. The predicted octanol–water partition coefficient (Wildman–Crippen LogP) is 2.23. The van der Waals surface area contributed by atoms with Crippen molar-refractivity contribution in [1.29, 1.82) is 0 Å². The molecule has 3 saturated carbocycles. The van der Waals surface area contributed by atoms with Gasteiger partial charge in [0.1, 0.15) is 0 Å². The van der Waals surface area contributed by atoms with Crippen molar-refractivity contribution in [1.82, 2.24) is 0 Å². The summed E-state index contributed by atoms with van der Waals surface area (Å²) >= 11 is 5.87. The van der Waals surface area contributed by atoms with E-state index < -0.39 is 0 Å². The molecule has 3 fully saturated rings. The monoisotopic (exact) mass is 172 g/mol. The van der Waals surface area contributed by atoms with Crippen LogP contribution >= 0.6 is 11.6 Å². The van der Waals surface area contributed by atoms with Gasteiger partial charge < -0.3 is 0 Å². The summed E-state index contributed by atoms with van der Waals surface area (Å²) in [5.41, 5.74) is 0.252. The molecule has 1 nitrogen and oxygen atoms in total. The van der Waals surface area contributed by atoms with Crippen molar-refractivity contribution in [2.45, 2.75) is 32.1 Å². The van der Waals surface area contributed by atoms with Crippen LogP contribution in [-0.2, 0) is 4.79 Å². The van der Waals surface area contributed by atoms with Crippen molar-refractivity contribution in [3.05, 3.63) is 0 Å². The Kier molecular flexibility index (Phi) is 1.39. The Balaban J connectivity index is 2.23. The number of alkyl halides is 1. The fraction of sp³-hybridized carbons (Fsp3) is 0.889. The van der Waals surface area contributed by atoms with Gasteiger partial charge in [0.15, 0.2) is 5.78 Å². The lowest BCUT2D eigenvalue weighted by atomic mass is 9.48. The Labute approximate surface area is 72.1 Å². The fourth-order valence-electron chi connectivity index (χ4n) is 2.48. The van der Waals surface area contributed by atoms with Gasteiger partial charge in [0, 0.05) is 5.92 Å². The molecule has 0 amide bonds. The Morgan fingerprint density at radius 2 is 2.09 bits per heavy atom. The van der Waals surface area contributed by atoms with Crippen molar-refractivity contribution < 1.29 is 4.79 Å². The first-order valence-corrected chi connectivity index (χ1v) is 4.65. The van der Waals surface area contributed by atoms with Gasteiger partial charge in [-0.3, -0.25) is 4.79 Å². The minimum Gasteiger partial charge on any atom is -0.298 e. The smallest absolute Gasteiger partial charge is 0.154 e. The number of carbonyl (C=O) groups excluding carboxylic acids is 1. The first-order valence-electron chi connectivity index (χ1n) is 4.21. The summed E-state index contributed by atoms with van der Waals surface area (Å²) in [6, 6.07) is 0. The third-order valence-corrected chi connectivity index (χ3v) is 4.01. The second kappa shape index (κ2) is 2.01. The van der Waals surface area contributed by atoms with Crippen LogP contribution in [0.25, 0.3) is 0 Å². The molecule has 11 heavy (non-hydrogen) atoms. The number of halogens is 1. The molecule has 0 spiro atoms. The lowest BCUT2D eigenvalue weighted by molar-refractivity contribution is -0.147. The summed E-state index contributed by atoms with van der Waals surface area (Å²) in [4.78, 5) is 11.4. The zero-order valence-corrected chi connectivity index (χ0v) is 7.69. The van der Waals surface area contributed by atoms with E-state index in [4.69, 9.17) is 11.6 Å². The molecule has 1 unspecified atom stereocenters. The van der Waals surface area contributed by atoms with Crippen molar-refractivity contribution in [3.8, 4) is 0 Å². The van der Waals surface area contributed by atoms with E-state index in [1.165, 1.54) is 0 Å². The van der Waals surface area contributed by atoms with Gasteiger partial charge >= 0.3 is 0 Å². The highest BCUT2D eigenvalue weighted by molar-refractivity contribution is 6.32. The van der Waals surface area contributed by atoms with Crippen LogP contribution in [0.15, 0.2) is 0 Å². The first kappa shape index (κ1) is 7.60. The highest BCUT2D eigenvalue weighted by Crippen LogP contribution is 2.58. The van der Waals surface area contributed by atoms with Crippen LogP contribution in [0.5, 0.6) is 0 Å². The van der Waals surface area contributed by atoms with Gasteiger partial charge in [-0.15, -0.1) is 11.6 Å². The van der Waals surface area contributed by atoms with Gasteiger partial charge in [0.2, 0.25) is 0 Å². The summed E-state index contributed by atoms with van der Waals surface area (Å²) in [5.74, 6) is 1.26. The van der Waals surface area contributed by atoms with E-state index in [0.29, 0.717) is 11.7 Å². The highest BCUT2D eigenvalue weighted by Gasteiger charge is 2.57. The Morgan fingerprint density at radius 3 is 2.45 bits per heavy atom. The van der Waals surface area contributed by atoms with Crippen LogP contribution < -0.4 is 0 Å². The molecule has 0 aromatic carbocycles. The number of Topliss-reactive ketones (excluding diaryl/α,β-unsaturated/α-hetero) is 1. The largest absolute Gasteiger partial charge is 0.298 e. The Bertz CT molecular complexity index is 210. The van der Waals surface area contributed by atoms with Gasteiger partial charge in [-0.1, -0.05) is 13.8 Å². The van der Waals surface area contributed by atoms with Crippen LogP contribution in [0.1, 0.15) is 26.7 Å². The minimum absolute atomic E-state index is 0.174. The molecule has 62 valence electrons. The minimum atomic E-state index is -0.174. The average molecular weight is 173 g/mol. The standard InChI is InChI=1S/C9H13ClO/c1-9(2)5-3-6(9)8(11)7(10)4-5/h5-7H,3-4H2,1-2H3/t5?,6-,7-/m1/s1. The summed E-state index contributed by atoms with van der Waals surface area (Å²) < 4.78 is 0. The number of ketones is 1. The van der Waals surface area contributed by atoms with Crippen molar-refractivity contribution >= 4 is 17.4 Å². The van der Waals surface area contributed by atoms with E-state index in [-0.39, 0.29) is 16.7 Å². The second-order valence-corrected chi connectivity index (χ2v) is 4.94. The molecule has 2 heteroatoms. The molecule has 0 heterocycles. The zero-order chi connectivity index (χ0) is 8.22. The molecule has 0 saturated heterocycles. The van der Waals surface area contributed by atoms with Crippen LogP contribution in [0.2, 0.25) is 0 Å². The maximum atomic E-state index is 11.4. The van der Waals surface area contributed by atoms with E-state index in [1.54, 1.807) is 0 Å². The van der Waals surface area contributed by atoms with Crippen LogP contribution in [0.4, 0.5) is 0 Å². The quantitative estimate of drug-likeness (QED) is 0.513. The van der Waals surface area contributed by atoms with Crippen LogP contribution in [0, 0.1) is 17.3 Å². The zero-order valence-electron chi connectivity index (χ0n) is 6.93. The SMILES string of the molecule is CC1(C)C2C[C@@H](Cl)C(=O)[C@H]1C2. The van der Waals surface area contributed by atoms with E-state index in [9.17, 15) is 4.79 Å². The Hall–Kier alpha value is -0.0400. The maximum absolute atomic E-state index is 11.4. The predicted molar refractivity (Wildman–Crippen MR) is 44.6 cm³/mol. The number of rotatable bonds is 0. The number of hydrogen-bond acceptors (Lipinski definition) is 1. The van der Waals surface area contributed by atoms with Crippen molar-refractivity contribution in [2.75, 3.05) is 0 Å². The van der Waals surface area contributed by atoms with E-state index >= 15 is 0 Å². The fourth-order valence-corrected chi connectivity index (χ4v) is 2.85. The number of carbonyl (C=O) groups is 1. The molecular formula is C9H13ClO. The normalized spacial score (nSPS) is 46.8. The first-order chi connectivity index (χ1) is 5.03. The highest BCUT2D eigenvalue weighted by atomic mass is 35.5. The maximum Gasteiger partial charge on any atom is 0.154 e. The average Bonchev–Trinajstić information content (AvgIpc) is 1.93. The van der Waals surface area contributed by atoms with E-state index in [1.807, 2.05) is 0 Å². The lowest BCUT2D eigenvalue weighted by Crippen LogP contribution is -2.56. The summed E-state index contributed by atoms with van der Waals surface area (Å²) in [6.07, 6.45) is 2.00. The van der Waals surface area contributed by atoms with E-state index in [2.05, 4.69) is 13.8 Å². The summed E-state index contributed by atoms with van der Waals surface area (Å²) in [6.45, 7) is 4.37. The third kappa shape index (κ3) is 0.807. The molecule has 0 aliphatic heterocycles. The number of hydrogen-bond donors (Lipinski definition) is 0. The third-order valence-electron chi connectivity index (χ3n) is 3.61. The molecule has 0 N–H and O–H groups in total. The Morgan fingerprint density at radius 1 is 1.45 bits per heavy atom. The lowest BCUT2D eigenvalue weighted by Gasteiger charge is -2.56. The van der Waals surface area contributed by atoms with Crippen LogP contribution in [-0.4, -0.2) is 11.2 Å². The van der Waals surface area contributed by atoms with Crippen LogP contribution in [0.3, 0.4) is 0 Å². The van der Waals surface area contributed by atoms with Crippen molar-refractivity contribution in [2.24, 2.45) is 17.3 Å². The summed E-state index contributed by atoms with van der Waals surface area (Å²) in [7, 11) is 0. The molecule has 2 bridgehead atoms. The molecule has 3 aliphatic rings. The van der Waals surface area contributed by atoms with Gasteiger partial charge in [0.05, 0.1) is 5.38 Å². The molecule has 3 rings (SSSR count). The molecule has 3 atom stereocenters. The van der Waals surface area contributed by atoms with Gasteiger partial charge in [-0.25, -0.2) is 0 Å². The summed E-state index contributed by atoms with van der Waals surface area (Å²) in [5, 5.41) is -0.174. The van der Waals surface area contributed by atoms with Crippen molar-refractivity contribution in [3.63, 3.8) is 0 Å². The van der Waals surface area contributed by atoms with Gasteiger partial charge in [0.25, 0.3) is 0 Å².